The monoisotopic (exact) mass is 192 g/mol. The lowest BCUT2D eigenvalue weighted by molar-refractivity contribution is -0.130. The first-order chi connectivity index (χ1) is 6.53. The Labute approximate surface area is 84.6 Å². The number of hydrogen-bond donors (Lipinski definition) is 2. The number of rotatable bonds is 2. The van der Waals surface area contributed by atoms with Crippen LogP contribution in [0, 0.1) is 24.2 Å². The molecule has 2 aliphatic heterocycles. The summed E-state index contributed by atoms with van der Waals surface area (Å²) in [7, 11) is 0. The minimum Gasteiger partial charge on any atom is -0.340 e. The molecule has 3 atom stereocenters. The first-order valence-corrected chi connectivity index (χ1v) is 5.07. The Balaban J connectivity index is 1.95. The van der Waals surface area contributed by atoms with Gasteiger partial charge in [0.1, 0.15) is 0 Å². The van der Waals surface area contributed by atoms with Crippen LogP contribution in [0.1, 0.15) is 20.3 Å². The van der Waals surface area contributed by atoms with Crippen LogP contribution in [0.25, 0.3) is 0 Å². The van der Waals surface area contributed by atoms with Gasteiger partial charge in [-0.25, -0.2) is 0 Å². The maximum Gasteiger partial charge on any atom is 0.226 e. The highest BCUT2D eigenvalue weighted by molar-refractivity contribution is 5.82. The zero-order valence-corrected chi connectivity index (χ0v) is 8.63. The molecule has 3 rings (SSSR count). The second kappa shape index (κ2) is 2.99. The van der Waals surface area contributed by atoms with Gasteiger partial charge in [-0.2, -0.15) is 0 Å². The van der Waals surface area contributed by atoms with Gasteiger partial charge in [0.15, 0.2) is 0 Å². The fraction of sp³-hybridized carbons (Fsp3) is 0.727. The summed E-state index contributed by atoms with van der Waals surface area (Å²) in [5.41, 5.74) is -0.522. The van der Waals surface area contributed by atoms with Crippen LogP contribution < -0.4 is 10.6 Å². The Hall–Kier alpha value is -1.01. The van der Waals surface area contributed by atoms with E-state index >= 15 is 0 Å². The van der Waals surface area contributed by atoms with Crippen molar-refractivity contribution in [2.75, 3.05) is 6.54 Å². The van der Waals surface area contributed by atoms with Crippen LogP contribution in [0.3, 0.4) is 0 Å². The summed E-state index contributed by atoms with van der Waals surface area (Å²) < 4.78 is 0. The van der Waals surface area contributed by atoms with Crippen molar-refractivity contribution in [1.82, 2.24) is 10.6 Å². The highest BCUT2D eigenvalue weighted by Crippen LogP contribution is 2.40. The van der Waals surface area contributed by atoms with E-state index < -0.39 is 5.54 Å². The lowest BCUT2D eigenvalue weighted by atomic mass is 9.73. The van der Waals surface area contributed by atoms with E-state index in [1.165, 1.54) is 0 Å². The molecule has 0 radical (unpaired) electrons. The summed E-state index contributed by atoms with van der Waals surface area (Å²) in [5, 5.41) is 6.21. The third kappa shape index (κ3) is 1.40. The quantitative estimate of drug-likeness (QED) is 0.610. The Morgan fingerprint density at radius 2 is 2.36 bits per heavy atom. The number of nitrogens with one attached hydrogen (secondary N) is 2. The molecule has 1 aliphatic carbocycles. The summed E-state index contributed by atoms with van der Waals surface area (Å²) in [5.74, 6) is 3.37. The molecular formula is C11H16N2O. The number of carbonyl (C=O) groups is 1. The summed E-state index contributed by atoms with van der Waals surface area (Å²) in [4.78, 5) is 11.8. The zero-order chi connectivity index (χ0) is 10.3. The Kier molecular flexibility index (Phi) is 2.04. The topological polar surface area (TPSA) is 41.1 Å². The average molecular weight is 192 g/mol. The number of hydrogen-bond acceptors (Lipinski definition) is 2. The molecule has 3 nitrogen and oxygen atoms in total. The number of fused-ring (bicyclic) bond motifs is 1. The first kappa shape index (κ1) is 9.54. The smallest absolute Gasteiger partial charge is 0.226 e. The van der Waals surface area contributed by atoms with Gasteiger partial charge >= 0.3 is 0 Å². The third-order valence-corrected chi connectivity index (χ3v) is 3.24. The van der Waals surface area contributed by atoms with Crippen molar-refractivity contribution < 1.29 is 4.79 Å². The third-order valence-electron chi connectivity index (χ3n) is 3.24. The Bertz CT molecular complexity index is 289. The number of carbonyl (C=O) groups excluding carboxylic acids is 1. The van der Waals surface area contributed by atoms with Crippen molar-refractivity contribution in [3.8, 4) is 12.3 Å². The van der Waals surface area contributed by atoms with Gasteiger partial charge in [-0.1, -0.05) is 5.92 Å². The van der Waals surface area contributed by atoms with Gasteiger partial charge in [0.2, 0.25) is 5.91 Å². The fourth-order valence-electron chi connectivity index (χ4n) is 2.30. The van der Waals surface area contributed by atoms with E-state index in [9.17, 15) is 4.79 Å². The Morgan fingerprint density at radius 3 is 2.79 bits per heavy atom. The van der Waals surface area contributed by atoms with Gasteiger partial charge in [0, 0.05) is 6.04 Å². The summed E-state index contributed by atoms with van der Waals surface area (Å²) in [6, 6.07) is 0.397. The molecule has 76 valence electrons. The van der Waals surface area contributed by atoms with Crippen molar-refractivity contribution in [3.63, 3.8) is 0 Å². The van der Waals surface area contributed by atoms with Gasteiger partial charge in [-0.05, 0) is 32.7 Å². The molecule has 3 heteroatoms. The molecule has 0 spiro atoms. The molecule has 3 unspecified atom stereocenters. The van der Waals surface area contributed by atoms with Gasteiger partial charge in [-0.3, -0.25) is 4.79 Å². The summed E-state index contributed by atoms with van der Waals surface area (Å²) in [6.07, 6.45) is 6.47. The SMILES string of the molecule is C#CC(C)(C)NC(=O)C1C2CNC1C2. The van der Waals surface area contributed by atoms with Crippen molar-refractivity contribution in [1.29, 1.82) is 0 Å². The second-order valence-electron chi connectivity index (χ2n) is 4.79. The van der Waals surface area contributed by atoms with Crippen molar-refractivity contribution in [3.05, 3.63) is 0 Å². The predicted octanol–water partition coefficient (Wildman–Crippen LogP) is 0.122. The van der Waals surface area contributed by atoms with Gasteiger partial charge < -0.3 is 10.6 Å². The molecular weight excluding hydrogens is 176 g/mol. The van der Waals surface area contributed by atoms with E-state index in [1.54, 1.807) is 0 Å². The van der Waals surface area contributed by atoms with E-state index in [4.69, 9.17) is 6.42 Å². The molecule has 1 saturated carbocycles. The van der Waals surface area contributed by atoms with Crippen molar-refractivity contribution in [2.24, 2.45) is 11.8 Å². The van der Waals surface area contributed by atoms with Crippen LogP contribution in [-0.4, -0.2) is 24.0 Å². The maximum atomic E-state index is 11.8. The largest absolute Gasteiger partial charge is 0.340 e. The molecule has 1 amide bonds. The maximum absolute atomic E-state index is 11.8. The fourth-order valence-corrected chi connectivity index (χ4v) is 2.30. The predicted molar refractivity (Wildman–Crippen MR) is 54.4 cm³/mol. The Morgan fingerprint density at radius 1 is 1.64 bits per heavy atom. The molecule has 3 fully saturated rings. The van der Waals surface area contributed by atoms with Crippen LogP contribution in [-0.2, 0) is 4.79 Å². The van der Waals surface area contributed by atoms with Crippen molar-refractivity contribution >= 4 is 5.91 Å². The molecule has 2 bridgehead atoms. The highest BCUT2D eigenvalue weighted by Gasteiger charge is 2.51. The van der Waals surface area contributed by atoms with Gasteiger partial charge in [-0.15, -0.1) is 6.42 Å². The molecule has 14 heavy (non-hydrogen) atoms. The van der Waals surface area contributed by atoms with Crippen molar-refractivity contribution in [2.45, 2.75) is 31.8 Å². The van der Waals surface area contributed by atoms with E-state index in [2.05, 4.69) is 16.6 Å². The minimum absolute atomic E-state index is 0.110. The van der Waals surface area contributed by atoms with Crippen LogP contribution in [0.2, 0.25) is 0 Å². The summed E-state index contributed by atoms with van der Waals surface area (Å²) in [6.45, 7) is 4.68. The van der Waals surface area contributed by atoms with E-state index in [0.717, 1.165) is 13.0 Å². The molecule has 0 aromatic rings. The average Bonchev–Trinajstić information content (AvgIpc) is 2.62. The van der Waals surface area contributed by atoms with Crippen LogP contribution in [0.4, 0.5) is 0 Å². The highest BCUT2D eigenvalue weighted by atomic mass is 16.2. The first-order valence-electron chi connectivity index (χ1n) is 5.07. The van der Waals surface area contributed by atoms with E-state index in [0.29, 0.717) is 12.0 Å². The zero-order valence-electron chi connectivity index (χ0n) is 8.63. The molecule has 0 aromatic carbocycles. The van der Waals surface area contributed by atoms with Crippen LogP contribution in [0.15, 0.2) is 0 Å². The molecule has 2 saturated heterocycles. The molecule has 2 N–H and O–H groups in total. The normalized spacial score (nSPS) is 34.5. The molecule has 3 aliphatic rings. The second-order valence-corrected chi connectivity index (χ2v) is 4.79. The number of terminal acetylenes is 1. The van der Waals surface area contributed by atoms with E-state index in [-0.39, 0.29) is 11.8 Å². The molecule has 2 heterocycles. The minimum atomic E-state index is -0.522. The lowest BCUT2D eigenvalue weighted by Crippen LogP contribution is -2.53. The van der Waals surface area contributed by atoms with Crippen LogP contribution >= 0.6 is 0 Å². The molecule has 0 aromatic heterocycles. The number of amides is 1. The summed E-state index contributed by atoms with van der Waals surface area (Å²) >= 11 is 0. The standard InChI is InChI=1S/C11H16N2O/c1-4-11(2,3)13-10(14)9-7-5-8(9)12-6-7/h1,7-9,12H,5-6H2,2-3H3,(H,13,14). The van der Waals surface area contributed by atoms with Crippen LogP contribution in [0.5, 0.6) is 0 Å². The van der Waals surface area contributed by atoms with Gasteiger partial charge in [0.05, 0.1) is 11.5 Å². The van der Waals surface area contributed by atoms with E-state index in [1.807, 2.05) is 13.8 Å². The lowest BCUT2D eigenvalue weighted by Gasteiger charge is -2.35. The van der Waals surface area contributed by atoms with Gasteiger partial charge in [0.25, 0.3) is 0 Å².